The smallest absolute Gasteiger partial charge is 0.187 e. The van der Waals surface area contributed by atoms with Crippen LogP contribution >= 0.6 is 0 Å². The number of unbranched alkanes of at least 4 members (excludes halogenated alkanes) is 1. The maximum atomic E-state index is 6.69. The van der Waals surface area contributed by atoms with Gasteiger partial charge in [-0.05, 0) is 94.2 Å². The molecule has 3 aliphatic rings. The van der Waals surface area contributed by atoms with E-state index in [2.05, 4.69) is 46.0 Å². The quantitative estimate of drug-likeness (QED) is 0.388. The van der Waals surface area contributed by atoms with Crippen LogP contribution in [-0.4, -0.2) is 14.4 Å². The second kappa shape index (κ2) is 9.64. The number of hydrogen-bond acceptors (Lipinski definition) is 1. The first kappa shape index (κ1) is 22.3. The van der Waals surface area contributed by atoms with E-state index in [0.717, 1.165) is 11.8 Å². The first-order chi connectivity index (χ1) is 13.4. The van der Waals surface area contributed by atoms with Crippen molar-refractivity contribution >= 4 is 8.32 Å². The van der Waals surface area contributed by atoms with E-state index in [4.69, 9.17) is 4.43 Å². The van der Waals surface area contributed by atoms with E-state index in [1.807, 2.05) is 0 Å². The van der Waals surface area contributed by atoms with Crippen LogP contribution in [0.2, 0.25) is 19.1 Å². The highest BCUT2D eigenvalue weighted by Gasteiger charge is 2.48. The molecule has 1 nitrogen and oxygen atoms in total. The van der Waals surface area contributed by atoms with E-state index < -0.39 is 8.32 Å². The highest BCUT2D eigenvalue weighted by Crippen LogP contribution is 2.58. The summed E-state index contributed by atoms with van der Waals surface area (Å²) in [5.74, 6) is 1.82. The summed E-state index contributed by atoms with van der Waals surface area (Å²) in [6.45, 7) is 12.2. The molecule has 0 aromatic heterocycles. The SMILES string of the molecule is CCCC[Si](C)(C)OC1CCC/C(=C/C=C2\CCC[C@]3(C)[C@@H](CC)CC[C@@H]23)C1. The largest absolute Gasteiger partial charge is 0.414 e. The molecule has 160 valence electrons. The Hall–Kier alpha value is -0.343. The summed E-state index contributed by atoms with van der Waals surface area (Å²) in [5, 5.41) is 0. The molecule has 3 saturated carbocycles. The van der Waals surface area contributed by atoms with E-state index in [1.54, 1.807) is 11.1 Å². The Morgan fingerprint density at radius 2 is 1.89 bits per heavy atom. The van der Waals surface area contributed by atoms with Crippen LogP contribution < -0.4 is 0 Å². The first-order valence-electron chi connectivity index (χ1n) is 12.4. The number of allylic oxidation sites excluding steroid dienone is 3. The first-order valence-corrected chi connectivity index (χ1v) is 15.6. The van der Waals surface area contributed by atoms with Gasteiger partial charge in [-0.25, -0.2) is 0 Å². The molecule has 0 aliphatic heterocycles. The zero-order chi connectivity index (χ0) is 20.2. The molecule has 3 aliphatic carbocycles. The van der Waals surface area contributed by atoms with Crippen LogP contribution in [0.1, 0.15) is 97.8 Å². The lowest BCUT2D eigenvalue weighted by atomic mass is 9.63. The average Bonchev–Trinajstić information content (AvgIpc) is 3.01. The van der Waals surface area contributed by atoms with Gasteiger partial charge < -0.3 is 4.43 Å². The minimum Gasteiger partial charge on any atom is -0.414 e. The van der Waals surface area contributed by atoms with Gasteiger partial charge in [-0.3, -0.25) is 0 Å². The van der Waals surface area contributed by atoms with Crippen molar-refractivity contribution in [3.8, 4) is 0 Å². The zero-order valence-corrected chi connectivity index (χ0v) is 20.5. The number of hydrogen-bond donors (Lipinski definition) is 0. The Morgan fingerprint density at radius 3 is 2.64 bits per heavy atom. The lowest BCUT2D eigenvalue weighted by molar-refractivity contribution is 0.133. The van der Waals surface area contributed by atoms with E-state index in [1.165, 1.54) is 83.1 Å². The molecule has 28 heavy (non-hydrogen) atoms. The molecule has 0 saturated heterocycles. The summed E-state index contributed by atoms with van der Waals surface area (Å²) in [7, 11) is -1.48. The van der Waals surface area contributed by atoms with Gasteiger partial charge in [0.15, 0.2) is 8.32 Å². The fraction of sp³-hybridized carbons (Fsp3) is 0.846. The second-order valence-corrected chi connectivity index (χ2v) is 15.1. The monoisotopic (exact) mass is 402 g/mol. The molecule has 0 N–H and O–H groups in total. The van der Waals surface area contributed by atoms with Crippen molar-refractivity contribution in [2.45, 2.75) is 123 Å². The van der Waals surface area contributed by atoms with E-state index in [-0.39, 0.29) is 0 Å². The molecular formula is C26H46OSi. The summed E-state index contributed by atoms with van der Waals surface area (Å²) in [5.41, 5.74) is 4.02. The van der Waals surface area contributed by atoms with Crippen LogP contribution in [0.4, 0.5) is 0 Å². The van der Waals surface area contributed by atoms with Crippen LogP contribution in [0.25, 0.3) is 0 Å². The van der Waals surface area contributed by atoms with Gasteiger partial charge in [-0.1, -0.05) is 63.3 Å². The minimum absolute atomic E-state index is 0.490. The third-order valence-corrected chi connectivity index (χ3v) is 10.8. The van der Waals surface area contributed by atoms with Crippen LogP contribution in [0.15, 0.2) is 23.3 Å². The van der Waals surface area contributed by atoms with Crippen molar-refractivity contribution in [1.82, 2.24) is 0 Å². The molecular weight excluding hydrogens is 356 g/mol. The Bertz CT molecular complexity index is 575. The highest BCUT2D eigenvalue weighted by atomic mass is 28.4. The number of rotatable bonds is 7. The summed E-state index contributed by atoms with van der Waals surface area (Å²) in [4.78, 5) is 0. The molecule has 0 heterocycles. The minimum atomic E-state index is -1.48. The number of fused-ring (bicyclic) bond motifs is 1. The lowest BCUT2D eigenvalue weighted by Crippen LogP contribution is -2.36. The molecule has 0 aromatic carbocycles. The Balaban J connectivity index is 1.63. The van der Waals surface area contributed by atoms with E-state index in [9.17, 15) is 0 Å². The summed E-state index contributed by atoms with van der Waals surface area (Å²) >= 11 is 0. The molecule has 4 atom stereocenters. The van der Waals surface area contributed by atoms with Gasteiger partial charge >= 0.3 is 0 Å². The Kier molecular flexibility index (Phi) is 7.70. The fourth-order valence-corrected chi connectivity index (χ4v) is 9.09. The molecule has 2 heteroatoms. The Morgan fingerprint density at radius 1 is 1.07 bits per heavy atom. The topological polar surface area (TPSA) is 9.23 Å². The second-order valence-electron chi connectivity index (χ2n) is 10.9. The van der Waals surface area contributed by atoms with E-state index in [0.29, 0.717) is 11.5 Å². The van der Waals surface area contributed by atoms with Crippen LogP contribution in [0.3, 0.4) is 0 Å². The average molecular weight is 403 g/mol. The van der Waals surface area contributed by atoms with Gasteiger partial charge in [-0.2, -0.15) is 0 Å². The molecule has 0 aromatic rings. The molecule has 0 amide bonds. The lowest BCUT2D eigenvalue weighted by Gasteiger charge is -2.42. The zero-order valence-electron chi connectivity index (χ0n) is 19.5. The van der Waals surface area contributed by atoms with Gasteiger partial charge in [0, 0.05) is 6.10 Å². The molecule has 3 fully saturated rings. The molecule has 0 spiro atoms. The van der Waals surface area contributed by atoms with Crippen molar-refractivity contribution in [2.75, 3.05) is 0 Å². The van der Waals surface area contributed by atoms with Gasteiger partial charge in [0.2, 0.25) is 0 Å². The van der Waals surface area contributed by atoms with Crippen molar-refractivity contribution in [2.24, 2.45) is 17.3 Å². The Labute approximate surface area is 176 Å². The predicted octanol–water partition coefficient (Wildman–Crippen LogP) is 8.43. The molecule has 0 bridgehead atoms. The van der Waals surface area contributed by atoms with E-state index >= 15 is 0 Å². The summed E-state index contributed by atoms with van der Waals surface area (Å²) in [6, 6.07) is 1.32. The van der Waals surface area contributed by atoms with Gasteiger partial charge in [0.05, 0.1) is 0 Å². The van der Waals surface area contributed by atoms with Crippen molar-refractivity contribution in [3.05, 3.63) is 23.3 Å². The third-order valence-electron chi connectivity index (χ3n) is 8.32. The van der Waals surface area contributed by atoms with Crippen LogP contribution in [-0.2, 0) is 4.43 Å². The fourth-order valence-electron chi connectivity index (χ4n) is 6.66. The van der Waals surface area contributed by atoms with Gasteiger partial charge in [-0.15, -0.1) is 0 Å². The standard InChI is InChI=1S/C26H46OSi/c1-6-8-19-28(4,5)27-24-13-9-11-21(20-24)14-15-22-12-10-18-26(3)23(7-2)16-17-25(22)26/h14-15,23-25H,6-13,16-20H2,1-5H3/b21-14-,22-15+/t23-,24?,25-,26+/m0/s1. The molecule has 1 unspecified atom stereocenters. The van der Waals surface area contributed by atoms with Gasteiger partial charge in [0.25, 0.3) is 0 Å². The predicted molar refractivity (Wildman–Crippen MR) is 125 cm³/mol. The highest BCUT2D eigenvalue weighted by molar-refractivity contribution is 6.71. The van der Waals surface area contributed by atoms with Crippen molar-refractivity contribution < 1.29 is 4.43 Å². The molecule has 3 rings (SSSR count). The normalized spacial score (nSPS) is 36.8. The third kappa shape index (κ3) is 5.22. The van der Waals surface area contributed by atoms with Crippen molar-refractivity contribution in [1.29, 1.82) is 0 Å². The van der Waals surface area contributed by atoms with Crippen LogP contribution in [0, 0.1) is 17.3 Å². The maximum Gasteiger partial charge on any atom is 0.187 e. The van der Waals surface area contributed by atoms with Crippen molar-refractivity contribution in [3.63, 3.8) is 0 Å². The maximum absolute atomic E-state index is 6.69. The molecule has 0 radical (unpaired) electrons. The van der Waals surface area contributed by atoms with Gasteiger partial charge in [0.1, 0.15) is 0 Å². The summed E-state index contributed by atoms with van der Waals surface area (Å²) in [6.07, 6.45) is 21.7. The van der Waals surface area contributed by atoms with Crippen LogP contribution in [0.5, 0.6) is 0 Å². The summed E-state index contributed by atoms with van der Waals surface area (Å²) < 4.78 is 6.69.